The third-order valence-corrected chi connectivity index (χ3v) is 3.60. The van der Waals surface area contributed by atoms with E-state index in [-0.39, 0.29) is 0 Å². The molecule has 1 nitrogen and oxygen atoms in total. The van der Waals surface area contributed by atoms with Gasteiger partial charge in [-0.15, -0.1) is 13.2 Å². The Morgan fingerprint density at radius 1 is 0.684 bits per heavy atom. The molecule has 0 spiro atoms. The Labute approximate surface area is 121 Å². The molecule has 0 N–H and O–H groups in total. The summed E-state index contributed by atoms with van der Waals surface area (Å²) in [5.41, 5.74) is 0. The predicted octanol–water partition coefficient (Wildman–Crippen LogP) is 5.58. The SMILES string of the molecule is C=CCN(CC=C)CCCCCCCCCCCC. The highest BCUT2D eigenvalue weighted by molar-refractivity contribution is 4.79. The molecule has 0 aliphatic heterocycles. The average Bonchev–Trinajstić information content (AvgIpc) is 2.41. The summed E-state index contributed by atoms with van der Waals surface area (Å²) in [5.74, 6) is 0. The van der Waals surface area contributed by atoms with Crippen molar-refractivity contribution in [2.75, 3.05) is 19.6 Å². The van der Waals surface area contributed by atoms with Crippen LogP contribution >= 0.6 is 0 Å². The monoisotopic (exact) mass is 265 g/mol. The fraction of sp³-hybridized carbons (Fsp3) is 0.778. The smallest absolute Gasteiger partial charge is 0.0163 e. The average molecular weight is 265 g/mol. The lowest BCUT2D eigenvalue weighted by atomic mass is 10.1. The Kier molecular flexibility index (Phi) is 15.0. The highest BCUT2D eigenvalue weighted by Gasteiger charge is 1.99. The summed E-state index contributed by atoms with van der Waals surface area (Å²) in [7, 11) is 0. The van der Waals surface area contributed by atoms with Gasteiger partial charge in [-0.1, -0.05) is 76.9 Å². The van der Waals surface area contributed by atoms with Gasteiger partial charge in [0.05, 0.1) is 0 Å². The van der Waals surface area contributed by atoms with E-state index in [2.05, 4.69) is 25.0 Å². The van der Waals surface area contributed by atoms with Gasteiger partial charge in [0.1, 0.15) is 0 Å². The molecule has 0 aromatic rings. The molecular formula is C18H35N. The molecule has 0 saturated carbocycles. The van der Waals surface area contributed by atoms with Crippen LogP contribution in [0.5, 0.6) is 0 Å². The quantitative estimate of drug-likeness (QED) is 0.276. The van der Waals surface area contributed by atoms with Crippen molar-refractivity contribution in [3.63, 3.8) is 0 Å². The zero-order valence-electron chi connectivity index (χ0n) is 13.2. The van der Waals surface area contributed by atoms with Gasteiger partial charge in [-0.25, -0.2) is 0 Å². The molecule has 1 heteroatoms. The normalized spacial score (nSPS) is 10.8. The molecule has 0 aromatic heterocycles. The fourth-order valence-corrected chi connectivity index (χ4v) is 2.45. The van der Waals surface area contributed by atoms with Gasteiger partial charge < -0.3 is 0 Å². The Hall–Kier alpha value is -0.560. The molecule has 0 radical (unpaired) electrons. The van der Waals surface area contributed by atoms with E-state index >= 15 is 0 Å². The Morgan fingerprint density at radius 3 is 1.53 bits per heavy atom. The van der Waals surface area contributed by atoms with Crippen molar-refractivity contribution in [1.29, 1.82) is 0 Å². The summed E-state index contributed by atoms with van der Waals surface area (Å²) in [6.45, 7) is 13.1. The van der Waals surface area contributed by atoms with Gasteiger partial charge in [-0.2, -0.15) is 0 Å². The van der Waals surface area contributed by atoms with E-state index in [0.717, 1.165) is 13.1 Å². The first-order valence-corrected chi connectivity index (χ1v) is 8.29. The minimum absolute atomic E-state index is 0.990. The zero-order chi connectivity index (χ0) is 14.2. The summed E-state index contributed by atoms with van der Waals surface area (Å²) in [6.07, 6.45) is 18.0. The molecule has 112 valence electrons. The lowest BCUT2D eigenvalue weighted by Crippen LogP contribution is -2.24. The molecule has 0 aliphatic rings. The van der Waals surface area contributed by atoms with Crippen LogP contribution in [0.25, 0.3) is 0 Å². The maximum Gasteiger partial charge on any atom is 0.0163 e. The third-order valence-electron chi connectivity index (χ3n) is 3.60. The van der Waals surface area contributed by atoms with Crippen molar-refractivity contribution < 1.29 is 0 Å². The van der Waals surface area contributed by atoms with Crippen LogP contribution in [0.4, 0.5) is 0 Å². The number of unbranched alkanes of at least 4 members (excludes halogenated alkanes) is 9. The summed E-state index contributed by atoms with van der Waals surface area (Å²) in [4.78, 5) is 2.41. The van der Waals surface area contributed by atoms with E-state index < -0.39 is 0 Å². The van der Waals surface area contributed by atoms with Crippen LogP contribution in [0.3, 0.4) is 0 Å². The second-order valence-electron chi connectivity index (χ2n) is 5.52. The fourth-order valence-electron chi connectivity index (χ4n) is 2.45. The molecule has 0 unspecified atom stereocenters. The van der Waals surface area contributed by atoms with Crippen LogP contribution in [0.15, 0.2) is 25.3 Å². The molecule has 19 heavy (non-hydrogen) atoms. The van der Waals surface area contributed by atoms with Crippen molar-refractivity contribution in [2.24, 2.45) is 0 Å². The topological polar surface area (TPSA) is 3.24 Å². The maximum atomic E-state index is 3.81. The zero-order valence-corrected chi connectivity index (χ0v) is 13.2. The van der Waals surface area contributed by atoms with Crippen LogP contribution in [0.2, 0.25) is 0 Å². The molecule has 0 rings (SSSR count). The van der Waals surface area contributed by atoms with Gasteiger partial charge in [0.15, 0.2) is 0 Å². The van der Waals surface area contributed by atoms with Gasteiger partial charge in [-0.3, -0.25) is 4.90 Å². The molecule has 0 saturated heterocycles. The van der Waals surface area contributed by atoms with Crippen LogP contribution in [-0.4, -0.2) is 24.5 Å². The Balaban J connectivity index is 3.24. The summed E-state index contributed by atoms with van der Waals surface area (Å²) in [5, 5.41) is 0. The molecule has 0 fully saturated rings. The van der Waals surface area contributed by atoms with Crippen LogP contribution in [0.1, 0.15) is 71.1 Å². The van der Waals surface area contributed by atoms with Gasteiger partial charge >= 0.3 is 0 Å². The van der Waals surface area contributed by atoms with E-state index in [1.807, 2.05) is 12.2 Å². The molecule has 0 bridgehead atoms. The first kappa shape index (κ1) is 18.4. The number of rotatable bonds is 15. The summed E-state index contributed by atoms with van der Waals surface area (Å²) >= 11 is 0. The van der Waals surface area contributed by atoms with Gasteiger partial charge in [0.2, 0.25) is 0 Å². The van der Waals surface area contributed by atoms with Gasteiger partial charge in [0.25, 0.3) is 0 Å². The highest BCUT2D eigenvalue weighted by Crippen LogP contribution is 2.10. The van der Waals surface area contributed by atoms with E-state index in [4.69, 9.17) is 0 Å². The Morgan fingerprint density at radius 2 is 1.11 bits per heavy atom. The molecular weight excluding hydrogens is 230 g/mol. The largest absolute Gasteiger partial charge is 0.296 e. The first-order valence-electron chi connectivity index (χ1n) is 8.29. The molecule has 0 aromatic carbocycles. The van der Waals surface area contributed by atoms with Gasteiger partial charge in [-0.05, 0) is 13.0 Å². The highest BCUT2D eigenvalue weighted by atomic mass is 15.1. The summed E-state index contributed by atoms with van der Waals surface area (Å²) in [6, 6.07) is 0. The number of hydrogen-bond acceptors (Lipinski definition) is 1. The number of hydrogen-bond donors (Lipinski definition) is 0. The minimum Gasteiger partial charge on any atom is -0.296 e. The third kappa shape index (κ3) is 13.7. The van der Waals surface area contributed by atoms with E-state index in [1.54, 1.807) is 0 Å². The lowest BCUT2D eigenvalue weighted by Gasteiger charge is -2.18. The molecule has 0 heterocycles. The van der Waals surface area contributed by atoms with Crippen molar-refractivity contribution in [3.8, 4) is 0 Å². The molecule has 0 atom stereocenters. The standard InChI is InChI=1S/C18H35N/c1-4-7-8-9-10-11-12-13-14-15-18-19(16-5-2)17-6-3/h5-6H,2-4,7-18H2,1H3. The summed E-state index contributed by atoms with van der Waals surface area (Å²) < 4.78 is 0. The van der Waals surface area contributed by atoms with Crippen molar-refractivity contribution in [2.45, 2.75) is 71.1 Å². The van der Waals surface area contributed by atoms with Crippen LogP contribution < -0.4 is 0 Å². The van der Waals surface area contributed by atoms with Crippen LogP contribution in [0, 0.1) is 0 Å². The van der Waals surface area contributed by atoms with E-state index in [1.165, 1.54) is 70.8 Å². The number of nitrogens with zero attached hydrogens (tertiary/aromatic N) is 1. The lowest BCUT2D eigenvalue weighted by molar-refractivity contribution is 0.324. The van der Waals surface area contributed by atoms with Crippen molar-refractivity contribution in [3.05, 3.63) is 25.3 Å². The minimum atomic E-state index is 0.990. The first-order chi connectivity index (χ1) is 9.35. The maximum absolute atomic E-state index is 3.81. The van der Waals surface area contributed by atoms with E-state index in [9.17, 15) is 0 Å². The second-order valence-corrected chi connectivity index (χ2v) is 5.52. The predicted molar refractivity (Wildman–Crippen MR) is 88.7 cm³/mol. The van der Waals surface area contributed by atoms with Crippen molar-refractivity contribution in [1.82, 2.24) is 4.90 Å². The van der Waals surface area contributed by atoms with Crippen molar-refractivity contribution >= 4 is 0 Å². The van der Waals surface area contributed by atoms with E-state index in [0.29, 0.717) is 0 Å². The molecule has 0 aliphatic carbocycles. The Bertz CT molecular complexity index is 188. The molecule has 0 amide bonds. The van der Waals surface area contributed by atoms with Gasteiger partial charge in [0, 0.05) is 13.1 Å². The van der Waals surface area contributed by atoms with Crippen LogP contribution in [-0.2, 0) is 0 Å². The second kappa shape index (κ2) is 15.5.